The first-order valence-electron chi connectivity index (χ1n) is 12.1. The highest BCUT2D eigenvalue weighted by molar-refractivity contribution is 5.57. The first-order valence-corrected chi connectivity index (χ1v) is 12.1. The molecule has 0 amide bonds. The highest BCUT2D eigenvalue weighted by Gasteiger charge is 2.31. The Morgan fingerprint density at radius 3 is 2.06 bits per heavy atom. The van der Waals surface area contributed by atoms with Gasteiger partial charge < -0.3 is 15.6 Å². The van der Waals surface area contributed by atoms with Crippen molar-refractivity contribution in [3.05, 3.63) is 70.3 Å². The Balaban J connectivity index is 2.31. The van der Waals surface area contributed by atoms with Crippen LogP contribution in [0, 0.1) is 13.8 Å². The summed E-state index contributed by atoms with van der Waals surface area (Å²) in [5.74, 6) is 0.978. The largest absolute Gasteiger partial charge is 0.493 e. The van der Waals surface area contributed by atoms with E-state index in [-0.39, 0.29) is 5.41 Å². The van der Waals surface area contributed by atoms with Crippen LogP contribution in [0.5, 0.6) is 5.75 Å². The number of hydrogen-bond donors (Lipinski definition) is 2. The lowest BCUT2D eigenvalue weighted by atomic mass is 9.70. The zero-order chi connectivity index (χ0) is 23.8. The standard InChI is InChI=1S/C29H43NO2/c1-7-29(8-2,25-13-12-24(22(3)20-25)16-17-28(5,6)31)26-14-15-27(23(4)21-26)32-19-11-9-10-18-30/h12-17,20-21,31H,7-11,18-19,30H2,1-6H3. The van der Waals surface area contributed by atoms with E-state index >= 15 is 0 Å². The van der Waals surface area contributed by atoms with E-state index in [0.717, 1.165) is 56.6 Å². The predicted octanol–water partition coefficient (Wildman–Crippen LogP) is 6.70. The summed E-state index contributed by atoms with van der Waals surface area (Å²) in [6.07, 6.45) is 9.13. The monoisotopic (exact) mass is 437 g/mol. The SMILES string of the molecule is CCC(CC)(c1ccc(C=CC(C)(C)O)c(C)c1)c1ccc(OCCCCCN)c(C)c1. The molecule has 0 aliphatic heterocycles. The van der Waals surface area contributed by atoms with Gasteiger partial charge in [0, 0.05) is 5.41 Å². The lowest BCUT2D eigenvalue weighted by molar-refractivity contribution is 0.134. The Labute approximate surface area is 195 Å². The fourth-order valence-corrected chi connectivity index (χ4v) is 4.40. The molecule has 0 aromatic heterocycles. The Kier molecular flexibility index (Phi) is 9.54. The summed E-state index contributed by atoms with van der Waals surface area (Å²) >= 11 is 0. The fourth-order valence-electron chi connectivity index (χ4n) is 4.40. The predicted molar refractivity (Wildman–Crippen MR) is 137 cm³/mol. The first-order chi connectivity index (χ1) is 15.2. The van der Waals surface area contributed by atoms with Gasteiger partial charge in [-0.2, -0.15) is 0 Å². The second-order valence-corrected chi connectivity index (χ2v) is 9.53. The normalized spacial score (nSPS) is 12.5. The molecule has 2 aromatic rings. The van der Waals surface area contributed by atoms with Crippen LogP contribution in [0.3, 0.4) is 0 Å². The Bertz CT molecular complexity index is 889. The summed E-state index contributed by atoms with van der Waals surface area (Å²) < 4.78 is 6.04. The molecule has 0 unspecified atom stereocenters. The number of benzene rings is 2. The third-order valence-electron chi connectivity index (χ3n) is 6.53. The molecule has 0 spiro atoms. The Hall–Kier alpha value is -2.10. The van der Waals surface area contributed by atoms with Crippen LogP contribution in [0.1, 0.15) is 87.6 Å². The topological polar surface area (TPSA) is 55.5 Å². The van der Waals surface area contributed by atoms with Gasteiger partial charge in [0.15, 0.2) is 0 Å². The van der Waals surface area contributed by atoms with E-state index in [1.54, 1.807) is 13.8 Å². The number of hydrogen-bond acceptors (Lipinski definition) is 3. The van der Waals surface area contributed by atoms with Crippen molar-refractivity contribution in [2.45, 2.75) is 84.7 Å². The van der Waals surface area contributed by atoms with Crippen molar-refractivity contribution in [2.75, 3.05) is 13.2 Å². The molecule has 2 rings (SSSR count). The Morgan fingerprint density at radius 1 is 0.906 bits per heavy atom. The minimum atomic E-state index is -0.812. The van der Waals surface area contributed by atoms with E-state index in [9.17, 15) is 5.11 Å². The van der Waals surface area contributed by atoms with Gasteiger partial charge in [-0.05, 0) is 100 Å². The van der Waals surface area contributed by atoms with Gasteiger partial charge in [-0.1, -0.05) is 56.3 Å². The van der Waals surface area contributed by atoms with Crippen LogP contribution >= 0.6 is 0 Å². The van der Waals surface area contributed by atoms with Crippen LogP contribution in [-0.4, -0.2) is 23.9 Å². The van der Waals surface area contributed by atoms with Gasteiger partial charge in [0.25, 0.3) is 0 Å². The van der Waals surface area contributed by atoms with Crippen molar-refractivity contribution in [1.82, 2.24) is 0 Å². The van der Waals surface area contributed by atoms with Crippen molar-refractivity contribution in [1.29, 1.82) is 0 Å². The summed E-state index contributed by atoms with van der Waals surface area (Å²) in [5, 5.41) is 10.0. The minimum Gasteiger partial charge on any atom is -0.493 e. The van der Waals surface area contributed by atoms with Crippen molar-refractivity contribution in [3.8, 4) is 5.75 Å². The molecule has 2 aromatic carbocycles. The molecule has 0 saturated carbocycles. The van der Waals surface area contributed by atoms with Gasteiger partial charge >= 0.3 is 0 Å². The number of rotatable bonds is 12. The molecule has 0 aliphatic rings. The van der Waals surface area contributed by atoms with Crippen LogP contribution in [0.25, 0.3) is 6.08 Å². The quantitative estimate of drug-likeness (QED) is 0.363. The molecule has 0 aliphatic carbocycles. The molecular formula is C29H43NO2. The number of aliphatic hydroxyl groups is 1. The van der Waals surface area contributed by atoms with Crippen LogP contribution in [0.15, 0.2) is 42.5 Å². The number of unbranched alkanes of at least 4 members (excludes halogenated alkanes) is 2. The maximum absolute atomic E-state index is 10.0. The van der Waals surface area contributed by atoms with Crippen molar-refractivity contribution >= 4 is 6.08 Å². The molecule has 0 radical (unpaired) electrons. The van der Waals surface area contributed by atoms with Crippen molar-refractivity contribution in [2.24, 2.45) is 5.73 Å². The van der Waals surface area contributed by atoms with Gasteiger partial charge in [-0.3, -0.25) is 0 Å². The van der Waals surface area contributed by atoms with E-state index in [2.05, 4.69) is 64.1 Å². The molecular weight excluding hydrogens is 394 g/mol. The third-order valence-corrected chi connectivity index (χ3v) is 6.53. The van der Waals surface area contributed by atoms with E-state index in [4.69, 9.17) is 10.5 Å². The average Bonchev–Trinajstić information content (AvgIpc) is 2.75. The smallest absolute Gasteiger partial charge is 0.122 e. The maximum atomic E-state index is 10.0. The van der Waals surface area contributed by atoms with Gasteiger partial charge in [0.05, 0.1) is 12.2 Å². The third kappa shape index (κ3) is 6.70. The van der Waals surface area contributed by atoms with Crippen molar-refractivity contribution in [3.63, 3.8) is 0 Å². The number of nitrogens with two attached hydrogens (primary N) is 1. The van der Waals surface area contributed by atoms with E-state index < -0.39 is 5.60 Å². The molecule has 3 N–H and O–H groups in total. The minimum absolute atomic E-state index is 0.0341. The highest BCUT2D eigenvalue weighted by atomic mass is 16.5. The highest BCUT2D eigenvalue weighted by Crippen LogP contribution is 2.41. The second-order valence-electron chi connectivity index (χ2n) is 9.53. The van der Waals surface area contributed by atoms with E-state index in [1.165, 1.54) is 22.3 Å². The molecule has 0 atom stereocenters. The summed E-state index contributed by atoms with van der Waals surface area (Å²) in [6, 6.07) is 13.4. The maximum Gasteiger partial charge on any atom is 0.122 e. The van der Waals surface area contributed by atoms with Crippen molar-refractivity contribution < 1.29 is 9.84 Å². The summed E-state index contributed by atoms with van der Waals surface area (Å²) in [6.45, 7) is 13.9. The van der Waals surface area contributed by atoms with Gasteiger partial charge in [0.2, 0.25) is 0 Å². The summed E-state index contributed by atoms with van der Waals surface area (Å²) in [7, 11) is 0. The second kappa shape index (κ2) is 11.7. The molecule has 0 saturated heterocycles. The van der Waals surface area contributed by atoms with Crippen LogP contribution < -0.4 is 10.5 Å². The van der Waals surface area contributed by atoms with Gasteiger partial charge in [-0.25, -0.2) is 0 Å². The fraction of sp³-hybridized carbons (Fsp3) is 0.517. The van der Waals surface area contributed by atoms with E-state index in [1.807, 2.05) is 12.2 Å². The van der Waals surface area contributed by atoms with Gasteiger partial charge in [0.1, 0.15) is 5.75 Å². The molecule has 32 heavy (non-hydrogen) atoms. The lowest BCUT2D eigenvalue weighted by Gasteiger charge is -2.34. The molecule has 0 fully saturated rings. The molecule has 0 heterocycles. The Morgan fingerprint density at radius 2 is 1.53 bits per heavy atom. The zero-order valence-corrected chi connectivity index (χ0v) is 21.0. The zero-order valence-electron chi connectivity index (χ0n) is 21.0. The molecule has 3 nitrogen and oxygen atoms in total. The summed E-state index contributed by atoms with van der Waals surface area (Å²) in [4.78, 5) is 0. The number of aryl methyl sites for hydroxylation is 2. The molecule has 3 heteroatoms. The lowest BCUT2D eigenvalue weighted by Crippen LogP contribution is -2.26. The van der Waals surface area contributed by atoms with E-state index in [0.29, 0.717) is 0 Å². The first kappa shape index (κ1) is 26.2. The summed E-state index contributed by atoms with van der Waals surface area (Å²) in [5.41, 5.74) is 11.0. The van der Waals surface area contributed by atoms with Crippen LogP contribution in [0.2, 0.25) is 0 Å². The van der Waals surface area contributed by atoms with Gasteiger partial charge in [-0.15, -0.1) is 0 Å². The number of ether oxygens (including phenoxy) is 1. The average molecular weight is 438 g/mol. The molecule has 0 bridgehead atoms. The van der Waals surface area contributed by atoms with Crippen LogP contribution in [0.4, 0.5) is 0 Å². The molecule has 176 valence electrons. The van der Waals surface area contributed by atoms with Crippen LogP contribution in [-0.2, 0) is 5.41 Å².